The molecule has 0 bridgehead atoms. The molecule has 2 aromatic heterocycles. The van der Waals surface area contributed by atoms with Gasteiger partial charge in [0.15, 0.2) is 11.6 Å². The molecule has 0 amide bonds. The summed E-state index contributed by atoms with van der Waals surface area (Å²) in [5.41, 5.74) is 7.31. The quantitative estimate of drug-likeness (QED) is 0.176. The summed E-state index contributed by atoms with van der Waals surface area (Å²) < 4.78 is 84.7. The second-order valence-electron chi connectivity index (χ2n) is 11.4. The molecule has 5 rings (SSSR count). The highest BCUT2D eigenvalue weighted by Gasteiger charge is 2.29. The molecule has 0 aliphatic heterocycles. The lowest BCUT2D eigenvalue weighted by Crippen LogP contribution is -2.34. The summed E-state index contributed by atoms with van der Waals surface area (Å²) in [5, 5.41) is 8.63. The molecule has 1 aliphatic rings. The van der Waals surface area contributed by atoms with Gasteiger partial charge in [-0.3, -0.25) is 9.40 Å². The Kier molecular flexibility index (Phi) is 9.56. The second kappa shape index (κ2) is 13.2. The van der Waals surface area contributed by atoms with Gasteiger partial charge in [-0.15, -0.1) is 0 Å². The van der Waals surface area contributed by atoms with Crippen LogP contribution in [0.4, 0.5) is 24.7 Å². The zero-order valence-corrected chi connectivity index (χ0v) is 26.3. The zero-order valence-electron chi connectivity index (χ0n) is 25.5. The average molecular weight is 647 g/mol. The zero-order chi connectivity index (χ0) is 32.5. The fraction of sp³-hybridized carbons (Fsp3) is 0.419. The number of nitrogens with one attached hydrogen (secondary N) is 2. The highest BCUT2D eigenvalue weighted by Crippen LogP contribution is 2.42. The van der Waals surface area contributed by atoms with Gasteiger partial charge in [-0.25, -0.2) is 26.6 Å². The molecule has 0 radical (unpaired) electrons. The van der Waals surface area contributed by atoms with E-state index in [1.54, 1.807) is 18.0 Å². The number of sulfonamides is 1. The van der Waals surface area contributed by atoms with Crippen LogP contribution < -0.4 is 20.5 Å². The van der Waals surface area contributed by atoms with Crippen LogP contribution >= 0.6 is 0 Å². The maximum absolute atomic E-state index is 15.8. The molecule has 4 N–H and O–H groups in total. The number of pyridine rings is 1. The molecule has 0 unspecified atom stereocenters. The van der Waals surface area contributed by atoms with Crippen molar-refractivity contribution in [1.29, 1.82) is 0 Å². The number of hydrogen-bond donors (Lipinski definition) is 3. The lowest BCUT2D eigenvalue weighted by molar-refractivity contribution is 0.191. The van der Waals surface area contributed by atoms with Gasteiger partial charge in [0, 0.05) is 49.6 Å². The lowest BCUT2D eigenvalue weighted by atomic mass is 9.81. The molecular weight excluding hydrogens is 609 g/mol. The molecule has 242 valence electrons. The Morgan fingerprint density at radius 3 is 2.44 bits per heavy atom. The number of aromatic nitrogens is 3. The minimum absolute atomic E-state index is 0.106. The molecule has 14 heteroatoms. The van der Waals surface area contributed by atoms with E-state index in [1.807, 2.05) is 18.6 Å². The van der Waals surface area contributed by atoms with Crippen LogP contribution in [-0.4, -0.2) is 56.6 Å². The number of fused-ring (bicyclic) bond motifs is 1. The number of methoxy groups -OCH3 is 2. The van der Waals surface area contributed by atoms with Crippen molar-refractivity contribution in [2.75, 3.05) is 37.8 Å². The second-order valence-corrected chi connectivity index (χ2v) is 13.1. The maximum atomic E-state index is 15.8. The Morgan fingerprint density at radius 1 is 1.04 bits per heavy atom. The number of rotatable bonds is 11. The van der Waals surface area contributed by atoms with E-state index in [-0.39, 0.29) is 34.8 Å². The van der Waals surface area contributed by atoms with Crippen molar-refractivity contribution in [1.82, 2.24) is 20.1 Å². The minimum atomic E-state index is -4.42. The number of ether oxygens (including phenoxy) is 2. The van der Waals surface area contributed by atoms with Crippen LogP contribution in [0, 0.1) is 17.5 Å². The molecule has 2 aromatic carbocycles. The van der Waals surface area contributed by atoms with Crippen LogP contribution in [0.5, 0.6) is 5.75 Å². The largest absolute Gasteiger partial charge is 0.494 e. The number of anilines is 2. The third kappa shape index (κ3) is 6.58. The first-order valence-corrected chi connectivity index (χ1v) is 16.2. The first kappa shape index (κ1) is 32.5. The fourth-order valence-corrected chi connectivity index (χ4v) is 6.94. The molecule has 0 atom stereocenters. The van der Waals surface area contributed by atoms with Crippen LogP contribution in [-0.2, 0) is 14.8 Å². The van der Waals surface area contributed by atoms with Crippen molar-refractivity contribution in [3.63, 3.8) is 0 Å². The third-order valence-electron chi connectivity index (χ3n) is 8.17. The van der Waals surface area contributed by atoms with Crippen molar-refractivity contribution < 1.29 is 31.1 Å². The highest BCUT2D eigenvalue weighted by molar-refractivity contribution is 7.92. The van der Waals surface area contributed by atoms with Gasteiger partial charge in [0.25, 0.3) is 10.0 Å². The smallest absolute Gasteiger partial charge is 0.262 e. The van der Waals surface area contributed by atoms with Gasteiger partial charge in [0.2, 0.25) is 0 Å². The van der Waals surface area contributed by atoms with Gasteiger partial charge < -0.3 is 20.5 Å². The van der Waals surface area contributed by atoms with Gasteiger partial charge in [-0.05, 0) is 69.2 Å². The predicted molar refractivity (Wildman–Crippen MR) is 166 cm³/mol. The van der Waals surface area contributed by atoms with Gasteiger partial charge >= 0.3 is 0 Å². The molecule has 2 heterocycles. The first-order chi connectivity index (χ1) is 21.4. The van der Waals surface area contributed by atoms with E-state index in [2.05, 4.69) is 10.3 Å². The number of nitrogen functional groups attached to an aromatic ring is 1. The molecule has 1 fully saturated rings. The van der Waals surface area contributed by atoms with Crippen molar-refractivity contribution in [3.05, 3.63) is 59.5 Å². The van der Waals surface area contributed by atoms with Crippen molar-refractivity contribution in [2.24, 2.45) is 0 Å². The summed E-state index contributed by atoms with van der Waals surface area (Å²) in [6, 6.07) is 4.72. The molecule has 1 saturated carbocycles. The summed E-state index contributed by atoms with van der Waals surface area (Å²) in [7, 11) is -1.57. The SMILES string of the molecule is COCCNC1CCC(c2cnc(N)c3c(-c4cc(F)c(NS(=O)(=O)c5ccc(F)c(OC)c5)cc4F)nn(C(C)C)c23)CC1. The molecule has 0 spiro atoms. The van der Waals surface area contributed by atoms with Crippen molar-refractivity contribution in [3.8, 4) is 17.0 Å². The van der Waals surface area contributed by atoms with Crippen LogP contribution in [0.1, 0.15) is 57.1 Å². The van der Waals surface area contributed by atoms with E-state index in [9.17, 15) is 12.8 Å². The fourth-order valence-electron chi connectivity index (χ4n) is 5.87. The maximum Gasteiger partial charge on any atom is 0.262 e. The molecule has 10 nitrogen and oxygen atoms in total. The average Bonchev–Trinajstić information content (AvgIpc) is 3.41. The Balaban J connectivity index is 1.51. The normalized spacial score (nSPS) is 17.2. The van der Waals surface area contributed by atoms with Crippen LogP contribution in [0.2, 0.25) is 0 Å². The van der Waals surface area contributed by atoms with Gasteiger partial charge in [0.1, 0.15) is 23.1 Å². The predicted octanol–water partition coefficient (Wildman–Crippen LogP) is 5.75. The molecular formula is C31H37F3N6O4S. The monoisotopic (exact) mass is 646 g/mol. The van der Waals surface area contributed by atoms with Gasteiger partial charge in [0.05, 0.1) is 35.2 Å². The Bertz CT molecular complexity index is 1810. The first-order valence-electron chi connectivity index (χ1n) is 14.7. The molecule has 0 saturated heterocycles. The Hall–Kier alpha value is -3.88. The van der Waals surface area contributed by atoms with Crippen LogP contribution in [0.15, 0.2) is 41.4 Å². The molecule has 1 aliphatic carbocycles. The molecule has 45 heavy (non-hydrogen) atoms. The van der Waals surface area contributed by atoms with E-state index in [0.29, 0.717) is 18.0 Å². The number of hydrogen-bond acceptors (Lipinski definition) is 8. The highest BCUT2D eigenvalue weighted by atomic mass is 32.2. The number of benzene rings is 2. The third-order valence-corrected chi connectivity index (χ3v) is 9.53. The van der Waals surface area contributed by atoms with Crippen molar-refractivity contribution in [2.45, 2.75) is 62.4 Å². The van der Waals surface area contributed by atoms with E-state index in [0.717, 1.165) is 73.6 Å². The minimum Gasteiger partial charge on any atom is -0.494 e. The summed E-state index contributed by atoms with van der Waals surface area (Å²) >= 11 is 0. The van der Waals surface area contributed by atoms with E-state index < -0.39 is 38.1 Å². The van der Waals surface area contributed by atoms with Gasteiger partial charge in [-0.1, -0.05) is 0 Å². The number of halogens is 3. The standard InChI is InChI=1S/C31H37F3N6O4S/c1-17(2)40-30-22(18-5-7-19(8-6-18)36-11-12-43-3)16-37-31(35)28(30)29(38-40)21-14-25(34)26(15-24(21)33)39-45(41,42)20-9-10-23(32)27(13-20)44-4/h9-10,13-19,36,39H,5-8,11-12H2,1-4H3,(H2,35,37). The summed E-state index contributed by atoms with van der Waals surface area (Å²) in [4.78, 5) is 4.05. The lowest BCUT2D eigenvalue weighted by Gasteiger charge is -2.30. The summed E-state index contributed by atoms with van der Waals surface area (Å²) in [6.45, 7) is 5.30. The number of nitrogens with zero attached hydrogens (tertiary/aromatic N) is 3. The van der Waals surface area contributed by atoms with Crippen LogP contribution in [0.3, 0.4) is 0 Å². The van der Waals surface area contributed by atoms with Gasteiger partial charge in [-0.2, -0.15) is 5.10 Å². The topological polar surface area (TPSA) is 133 Å². The Labute approximate surface area is 260 Å². The van der Waals surface area contributed by atoms with Crippen molar-refractivity contribution >= 4 is 32.4 Å². The van der Waals surface area contributed by atoms with E-state index in [1.165, 1.54) is 7.11 Å². The number of nitrogens with two attached hydrogens (primary N) is 1. The van der Waals surface area contributed by atoms with E-state index >= 15 is 8.78 Å². The Morgan fingerprint density at radius 2 is 1.78 bits per heavy atom. The van der Waals surface area contributed by atoms with Crippen LogP contribution in [0.25, 0.3) is 22.2 Å². The summed E-state index contributed by atoms with van der Waals surface area (Å²) in [5.74, 6) is -2.76. The molecule has 4 aromatic rings. The van der Waals surface area contributed by atoms with E-state index in [4.69, 9.17) is 20.3 Å². The summed E-state index contributed by atoms with van der Waals surface area (Å²) in [6.07, 6.45) is 5.49.